The first-order valence-corrected chi connectivity index (χ1v) is 9.15. The van der Waals surface area contributed by atoms with Gasteiger partial charge < -0.3 is 4.90 Å². The van der Waals surface area contributed by atoms with Crippen molar-refractivity contribution in [3.8, 4) is 0 Å². The lowest BCUT2D eigenvalue weighted by Crippen LogP contribution is -2.29. The zero-order valence-corrected chi connectivity index (χ0v) is 13.2. The fourth-order valence-corrected chi connectivity index (χ4v) is 4.34. The predicted molar refractivity (Wildman–Crippen MR) is 79.0 cm³/mol. The molecule has 0 radical (unpaired) electrons. The van der Waals surface area contributed by atoms with Gasteiger partial charge in [0, 0.05) is 18.0 Å². The second kappa shape index (κ2) is 6.24. The van der Waals surface area contributed by atoms with Gasteiger partial charge in [-0.15, -0.1) is 11.3 Å². The van der Waals surface area contributed by atoms with Gasteiger partial charge in [-0.2, -0.15) is 0 Å². The summed E-state index contributed by atoms with van der Waals surface area (Å²) < 4.78 is 22.5. The fraction of sp³-hybridized carbons (Fsp3) is 0.615. The van der Waals surface area contributed by atoms with E-state index in [1.807, 2.05) is 4.90 Å². The van der Waals surface area contributed by atoms with E-state index < -0.39 is 10.0 Å². The van der Waals surface area contributed by atoms with Gasteiger partial charge >= 0.3 is 0 Å². The standard InChI is InChI=1S/C13H20N2O3S2/c1-2-3-10-6-7-15(9-10)12(16)8-11-4-5-13(19-11)20(14,17)18/h4-5,10H,2-3,6-9H2,1H3,(H2,14,17,18). The molecule has 1 aromatic heterocycles. The number of sulfonamides is 1. The maximum atomic E-state index is 12.2. The van der Waals surface area contributed by atoms with Crippen LogP contribution in [0.1, 0.15) is 31.1 Å². The fourth-order valence-electron chi connectivity index (χ4n) is 2.57. The van der Waals surface area contributed by atoms with Crippen molar-refractivity contribution in [3.63, 3.8) is 0 Å². The Hall–Kier alpha value is -0.920. The molecule has 0 bridgehead atoms. The molecule has 1 atom stereocenters. The van der Waals surface area contributed by atoms with Crippen molar-refractivity contribution in [3.05, 3.63) is 17.0 Å². The number of amides is 1. The molecule has 2 heterocycles. The van der Waals surface area contributed by atoms with Gasteiger partial charge in [0.25, 0.3) is 0 Å². The van der Waals surface area contributed by atoms with Gasteiger partial charge in [0.05, 0.1) is 6.42 Å². The summed E-state index contributed by atoms with van der Waals surface area (Å²) in [6.07, 6.45) is 3.65. The minimum absolute atomic E-state index is 0.0754. The number of carbonyl (C=O) groups excluding carboxylic acids is 1. The number of rotatable bonds is 5. The van der Waals surface area contributed by atoms with Crippen LogP contribution >= 0.6 is 11.3 Å². The molecule has 0 saturated carbocycles. The van der Waals surface area contributed by atoms with Crippen molar-refractivity contribution in [1.82, 2.24) is 4.90 Å². The molecule has 112 valence electrons. The molecule has 1 aromatic rings. The van der Waals surface area contributed by atoms with E-state index in [-0.39, 0.29) is 16.5 Å². The summed E-state index contributed by atoms with van der Waals surface area (Å²) in [6, 6.07) is 3.13. The maximum Gasteiger partial charge on any atom is 0.247 e. The third-order valence-electron chi connectivity index (χ3n) is 3.58. The van der Waals surface area contributed by atoms with E-state index in [2.05, 4.69) is 6.92 Å². The predicted octanol–water partition coefficient (Wildman–Crippen LogP) is 1.59. The minimum atomic E-state index is -3.66. The molecule has 1 aliphatic heterocycles. The molecule has 2 rings (SSSR count). The van der Waals surface area contributed by atoms with Crippen molar-refractivity contribution < 1.29 is 13.2 Å². The summed E-state index contributed by atoms with van der Waals surface area (Å²) in [5.74, 6) is 0.693. The second-order valence-corrected chi connectivity index (χ2v) is 8.18. The summed E-state index contributed by atoms with van der Waals surface area (Å²) in [4.78, 5) is 14.8. The molecule has 1 aliphatic rings. The van der Waals surface area contributed by atoms with E-state index >= 15 is 0 Å². The zero-order chi connectivity index (χ0) is 14.8. The van der Waals surface area contributed by atoms with Crippen LogP contribution in [0.25, 0.3) is 0 Å². The Balaban J connectivity index is 1.94. The Morgan fingerprint density at radius 1 is 1.50 bits per heavy atom. The summed E-state index contributed by atoms with van der Waals surface area (Å²) in [5, 5.41) is 5.06. The first kappa shape index (κ1) is 15.5. The third kappa shape index (κ3) is 3.80. The molecule has 0 aromatic carbocycles. The number of carbonyl (C=O) groups is 1. The molecule has 1 saturated heterocycles. The molecular weight excluding hydrogens is 296 g/mol. The molecule has 0 aliphatic carbocycles. The average Bonchev–Trinajstić information content (AvgIpc) is 2.97. The van der Waals surface area contributed by atoms with E-state index in [9.17, 15) is 13.2 Å². The first-order chi connectivity index (χ1) is 9.40. The summed E-state index contributed by atoms with van der Waals surface area (Å²) in [7, 11) is -3.66. The van der Waals surface area contributed by atoms with E-state index in [1.165, 1.54) is 12.5 Å². The number of likely N-dealkylation sites (tertiary alicyclic amines) is 1. The molecule has 1 amide bonds. The highest BCUT2D eigenvalue weighted by Gasteiger charge is 2.26. The average molecular weight is 316 g/mol. The topological polar surface area (TPSA) is 80.5 Å². The van der Waals surface area contributed by atoms with Crippen molar-refractivity contribution in [2.24, 2.45) is 11.1 Å². The molecule has 2 N–H and O–H groups in total. The first-order valence-electron chi connectivity index (χ1n) is 6.79. The minimum Gasteiger partial charge on any atom is -0.342 e. The molecule has 1 unspecified atom stereocenters. The largest absolute Gasteiger partial charge is 0.342 e. The molecule has 20 heavy (non-hydrogen) atoms. The number of nitrogens with zero attached hydrogens (tertiary/aromatic N) is 1. The van der Waals surface area contributed by atoms with Crippen LogP contribution in [0.4, 0.5) is 0 Å². The highest BCUT2D eigenvalue weighted by molar-refractivity contribution is 7.91. The highest BCUT2D eigenvalue weighted by Crippen LogP contribution is 2.24. The smallest absolute Gasteiger partial charge is 0.247 e. The highest BCUT2D eigenvalue weighted by atomic mass is 32.2. The molecular formula is C13H20N2O3S2. The van der Waals surface area contributed by atoms with Gasteiger partial charge in [-0.3, -0.25) is 4.79 Å². The maximum absolute atomic E-state index is 12.2. The van der Waals surface area contributed by atoms with Gasteiger partial charge in [-0.05, 0) is 30.9 Å². The Kier molecular flexibility index (Phi) is 4.82. The van der Waals surface area contributed by atoms with Crippen molar-refractivity contribution >= 4 is 27.3 Å². The lowest BCUT2D eigenvalue weighted by Gasteiger charge is -2.15. The molecule has 7 heteroatoms. The van der Waals surface area contributed by atoms with Gasteiger partial charge in [-0.25, -0.2) is 13.6 Å². The van der Waals surface area contributed by atoms with Crippen molar-refractivity contribution in [2.45, 2.75) is 36.8 Å². The quantitative estimate of drug-likeness (QED) is 0.895. The Morgan fingerprint density at radius 2 is 2.25 bits per heavy atom. The zero-order valence-electron chi connectivity index (χ0n) is 11.5. The normalized spacial score (nSPS) is 19.5. The lowest BCUT2D eigenvalue weighted by molar-refractivity contribution is -0.129. The number of hydrogen-bond acceptors (Lipinski definition) is 4. The number of thiophene rings is 1. The van der Waals surface area contributed by atoms with Gasteiger partial charge in [-0.1, -0.05) is 13.3 Å². The Bertz CT molecular complexity index is 580. The van der Waals surface area contributed by atoms with Crippen LogP contribution in [0.3, 0.4) is 0 Å². The second-order valence-electron chi connectivity index (χ2n) is 5.23. The molecule has 0 spiro atoms. The monoisotopic (exact) mass is 316 g/mol. The van der Waals surface area contributed by atoms with Crippen LogP contribution in [0, 0.1) is 5.92 Å². The third-order valence-corrected chi connectivity index (χ3v) is 6.10. The number of primary sulfonamides is 1. The van der Waals surface area contributed by atoms with Gasteiger partial charge in [0.15, 0.2) is 0 Å². The van der Waals surface area contributed by atoms with E-state index in [0.717, 1.165) is 42.1 Å². The molecule has 1 fully saturated rings. The SMILES string of the molecule is CCCC1CCN(C(=O)Cc2ccc(S(N)(=O)=O)s2)C1. The van der Waals surface area contributed by atoms with E-state index in [1.54, 1.807) is 6.07 Å². The Labute approximate surface area is 123 Å². The summed E-state index contributed by atoms with van der Waals surface area (Å²) >= 11 is 1.08. The summed E-state index contributed by atoms with van der Waals surface area (Å²) in [6.45, 7) is 3.81. The van der Waals surface area contributed by atoms with Gasteiger partial charge in [0.2, 0.25) is 15.9 Å². The Morgan fingerprint density at radius 3 is 2.85 bits per heavy atom. The van der Waals surface area contributed by atoms with Crippen LogP contribution in [-0.4, -0.2) is 32.3 Å². The van der Waals surface area contributed by atoms with Crippen molar-refractivity contribution in [2.75, 3.05) is 13.1 Å². The molecule has 5 nitrogen and oxygen atoms in total. The van der Waals surface area contributed by atoms with Gasteiger partial charge in [0.1, 0.15) is 4.21 Å². The van der Waals surface area contributed by atoms with Crippen LogP contribution < -0.4 is 5.14 Å². The number of hydrogen-bond donors (Lipinski definition) is 1. The van der Waals surface area contributed by atoms with Crippen LogP contribution in [-0.2, 0) is 21.2 Å². The van der Waals surface area contributed by atoms with Crippen molar-refractivity contribution in [1.29, 1.82) is 0 Å². The van der Waals surface area contributed by atoms with E-state index in [4.69, 9.17) is 5.14 Å². The lowest BCUT2D eigenvalue weighted by atomic mass is 10.0. The van der Waals surface area contributed by atoms with Crippen LogP contribution in [0.2, 0.25) is 0 Å². The number of nitrogens with two attached hydrogens (primary N) is 1. The van der Waals surface area contributed by atoms with Crippen LogP contribution in [0.15, 0.2) is 16.3 Å². The summed E-state index contributed by atoms with van der Waals surface area (Å²) in [5.41, 5.74) is 0. The van der Waals surface area contributed by atoms with Crippen LogP contribution in [0.5, 0.6) is 0 Å². The van der Waals surface area contributed by atoms with E-state index in [0.29, 0.717) is 5.92 Å².